The van der Waals surface area contributed by atoms with E-state index >= 15 is 0 Å². The molecule has 2 rings (SSSR count). The highest BCUT2D eigenvalue weighted by Gasteiger charge is 2.27. The summed E-state index contributed by atoms with van der Waals surface area (Å²) in [7, 11) is 0. The molecule has 33 heavy (non-hydrogen) atoms. The van der Waals surface area contributed by atoms with Gasteiger partial charge in [0.2, 0.25) is 5.91 Å². The van der Waals surface area contributed by atoms with Crippen molar-refractivity contribution >= 4 is 39.3 Å². The maximum absolute atomic E-state index is 13.2. The van der Waals surface area contributed by atoms with Gasteiger partial charge in [0.25, 0.3) is 5.91 Å². The van der Waals surface area contributed by atoms with E-state index in [0.717, 1.165) is 15.6 Å². The Labute approximate surface area is 211 Å². The second kappa shape index (κ2) is 11.9. The van der Waals surface area contributed by atoms with Gasteiger partial charge in [0.15, 0.2) is 6.61 Å². The first-order valence-electron chi connectivity index (χ1n) is 11.1. The molecule has 2 aromatic carbocycles. The largest absolute Gasteiger partial charge is 0.483 e. The SMILES string of the molecule is CC(C)CNC(=O)[C@@H](C)N(Cc1ccccc1Cl)C(=O)COc1ccc(C(C)(C)C)cc1Br. The van der Waals surface area contributed by atoms with Crippen LogP contribution in [-0.4, -0.2) is 35.9 Å². The predicted octanol–water partition coefficient (Wildman–Crippen LogP) is 5.97. The van der Waals surface area contributed by atoms with E-state index in [1.165, 1.54) is 4.90 Å². The van der Waals surface area contributed by atoms with Crippen LogP contribution in [-0.2, 0) is 21.5 Å². The fraction of sp³-hybridized carbons (Fsp3) is 0.462. The van der Waals surface area contributed by atoms with Crippen molar-refractivity contribution in [2.45, 2.75) is 59.5 Å². The third-order valence-electron chi connectivity index (χ3n) is 5.30. The van der Waals surface area contributed by atoms with Crippen LogP contribution in [0.1, 0.15) is 52.7 Å². The fourth-order valence-corrected chi connectivity index (χ4v) is 3.84. The summed E-state index contributed by atoms with van der Waals surface area (Å²) in [5.74, 6) is 0.380. The lowest BCUT2D eigenvalue weighted by Crippen LogP contribution is -2.49. The molecule has 0 fully saturated rings. The van der Waals surface area contributed by atoms with Gasteiger partial charge in [-0.2, -0.15) is 0 Å². The number of benzene rings is 2. The molecule has 0 aliphatic rings. The minimum absolute atomic E-state index is 0.00139. The Kier molecular flexibility index (Phi) is 9.80. The van der Waals surface area contributed by atoms with E-state index in [9.17, 15) is 9.59 Å². The normalized spacial score (nSPS) is 12.4. The highest BCUT2D eigenvalue weighted by molar-refractivity contribution is 9.10. The highest BCUT2D eigenvalue weighted by atomic mass is 79.9. The zero-order valence-electron chi connectivity index (χ0n) is 20.2. The first-order chi connectivity index (χ1) is 15.4. The molecule has 2 aromatic rings. The molecule has 7 heteroatoms. The van der Waals surface area contributed by atoms with Gasteiger partial charge >= 0.3 is 0 Å². The van der Waals surface area contributed by atoms with Gasteiger partial charge < -0.3 is 15.0 Å². The van der Waals surface area contributed by atoms with Gasteiger partial charge in [0.05, 0.1) is 4.47 Å². The molecule has 5 nitrogen and oxygen atoms in total. The third-order valence-corrected chi connectivity index (χ3v) is 6.29. The molecule has 0 unspecified atom stereocenters. The summed E-state index contributed by atoms with van der Waals surface area (Å²) in [5.41, 5.74) is 1.93. The average Bonchev–Trinajstić information content (AvgIpc) is 2.74. The summed E-state index contributed by atoms with van der Waals surface area (Å²) in [6, 6.07) is 12.5. The van der Waals surface area contributed by atoms with Crippen LogP contribution in [0.2, 0.25) is 5.02 Å². The molecule has 1 atom stereocenters. The highest BCUT2D eigenvalue weighted by Crippen LogP contribution is 2.31. The van der Waals surface area contributed by atoms with Crippen molar-refractivity contribution in [3.63, 3.8) is 0 Å². The van der Waals surface area contributed by atoms with Crippen molar-refractivity contribution < 1.29 is 14.3 Å². The summed E-state index contributed by atoms with van der Waals surface area (Å²) < 4.78 is 6.62. The number of hydrogen-bond donors (Lipinski definition) is 1. The summed E-state index contributed by atoms with van der Waals surface area (Å²) in [5, 5.41) is 3.45. The lowest BCUT2D eigenvalue weighted by molar-refractivity contribution is -0.142. The first kappa shape index (κ1) is 27.2. The van der Waals surface area contributed by atoms with Gasteiger partial charge in [-0.25, -0.2) is 0 Å². The van der Waals surface area contributed by atoms with Gasteiger partial charge in [0, 0.05) is 18.1 Å². The van der Waals surface area contributed by atoms with Gasteiger partial charge in [0.1, 0.15) is 11.8 Å². The van der Waals surface area contributed by atoms with E-state index in [1.54, 1.807) is 13.0 Å². The molecule has 0 aromatic heterocycles. The van der Waals surface area contributed by atoms with Crippen LogP contribution >= 0.6 is 27.5 Å². The Hall–Kier alpha value is -2.05. The summed E-state index contributed by atoms with van der Waals surface area (Å²) in [6.07, 6.45) is 0. The van der Waals surface area contributed by atoms with Crippen molar-refractivity contribution in [2.75, 3.05) is 13.2 Å². The Balaban J connectivity index is 2.19. The van der Waals surface area contributed by atoms with Crippen molar-refractivity contribution in [1.82, 2.24) is 10.2 Å². The number of halogens is 2. The number of carbonyl (C=O) groups is 2. The second-order valence-corrected chi connectivity index (χ2v) is 10.9. The lowest BCUT2D eigenvalue weighted by Gasteiger charge is -2.29. The van der Waals surface area contributed by atoms with E-state index in [4.69, 9.17) is 16.3 Å². The van der Waals surface area contributed by atoms with Gasteiger partial charge in [-0.05, 0) is 63.5 Å². The summed E-state index contributed by atoms with van der Waals surface area (Å²) in [4.78, 5) is 27.5. The van der Waals surface area contributed by atoms with Gasteiger partial charge in [-0.1, -0.05) is 70.5 Å². The van der Waals surface area contributed by atoms with Crippen LogP contribution in [0, 0.1) is 5.92 Å². The van der Waals surface area contributed by atoms with Crippen LogP contribution in [0.4, 0.5) is 0 Å². The molecule has 0 saturated heterocycles. The number of carbonyl (C=O) groups excluding carboxylic acids is 2. The first-order valence-corrected chi connectivity index (χ1v) is 12.3. The Morgan fingerprint density at radius 1 is 1.12 bits per heavy atom. The maximum atomic E-state index is 13.2. The smallest absolute Gasteiger partial charge is 0.261 e. The Morgan fingerprint density at radius 2 is 1.79 bits per heavy atom. The fourth-order valence-electron chi connectivity index (χ4n) is 3.15. The van der Waals surface area contributed by atoms with E-state index < -0.39 is 6.04 Å². The third kappa shape index (κ3) is 8.04. The molecule has 0 heterocycles. The molecule has 0 radical (unpaired) electrons. The molecule has 0 saturated carbocycles. The van der Waals surface area contributed by atoms with Crippen molar-refractivity contribution in [2.24, 2.45) is 5.92 Å². The van der Waals surface area contributed by atoms with Gasteiger partial charge in [-0.15, -0.1) is 0 Å². The van der Waals surface area contributed by atoms with Crippen molar-refractivity contribution in [1.29, 1.82) is 0 Å². The predicted molar refractivity (Wildman–Crippen MR) is 138 cm³/mol. The molecule has 180 valence electrons. The number of nitrogens with one attached hydrogen (secondary N) is 1. The maximum Gasteiger partial charge on any atom is 0.261 e. The zero-order chi connectivity index (χ0) is 24.8. The minimum atomic E-state index is -0.678. The average molecular weight is 538 g/mol. The van der Waals surface area contributed by atoms with Crippen molar-refractivity contribution in [3.8, 4) is 5.75 Å². The topological polar surface area (TPSA) is 58.6 Å². The number of rotatable bonds is 9. The number of hydrogen-bond acceptors (Lipinski definition) is 3. The van der Waals surface area contributed by atoms with E-state index in [0.29, 0.717) is 23.2 Å². The van der Waals surface area contributed by atoms with Crippen LogP contribution in [0.5, 0.6) is 5.75 Å². The van der Waals surface area contributed by atoms with E-state index in [2.05, 4.69) is 42.0 Å². The summed E-state index contributed by atoms with van der Waals surface area (Å²) >= 11 is 9.87. The molecule has 0 aliphatic heterocycles. The van der Waals surface area contributed by atoms with Crippen LogP contribution < -0.4 is 10.1 Å². The lowest BCUT2D eigenvalue weighted by atomic mass is 9.87. The second-order valence-electron chi connectivity index (χ2n) is 9.61. The minimum Gasteiger partial charge on any atom is -0.483 e. The number of ether oxygens (including phenoxy) is 1. The monoisotopic (exact) mass is 536 g/mol. The molecule has 2 amide bonds. The molecular weight excluding hydrogens is 504 g/mol. The molecule has 0 spiro atoms. The zero-order valence-corrected chi connectivity index (χ0v) is 22.6. The number of nitrogens with zero attached hydrogens (tertiary/aromatic N) is 1. The van der Waals surface area contributed by atoms with Crippen LogP contribution in [0.25, 0.3) is 0 Å². The number of amides is 2. The molecular formula is C26H34BrClN2O3. The van der Waals surface area contributed by atoms with Crippen molar-refractivity contribution in [3.05, 3.63) is 63.1 Å². The molecule has 1 N–H and O–H groups in total. The van der Waals surface area contributed by atoms with Crippen LogP contribution in [0.15, 0.2) is 46.9 Å². The van der Waals surface area contributed by atoms with Crippen LogP contribution in [0.3, 0.4) is 0 Å². The van der Waals surface area contributed by atoms with E-state index in [-0.39, 0.29) is 30.4 Å². The van der Waals surface area contributed by atoms with E-state index in [1.807, 2.05) is 50.2 Å². The quantitative estimate of drug-likeness (QED) is 0.429. The molecule has 0 aliphatic carbocycles. The molecule has 0 bridgehead atoms. The summed E-state index contributed by atoms with van der Waals surface area (Å²) in [6.45, 7) is 12.7. The standard InChI is InChI=1S/C26H34BrClN2O3/c1-17(2)14-29-25(32)18(3)30(15-19-9-7-8-10-22(19)28)24(31)16-33-23-12-11-20(13-21(23)27)26(4,5)6/h7-13,17-18H,14-16H2,1-6H3,(H,29,32)/t18-/m1/s1. The van der Waals surface area contributed by atoms with Gasteiger partial charge in [-0.3, -0.25) is 9.59 Å². The Bertz CT molecular complexity index is 972. The Morgan fingerprint density at radius 3 is 2.36 bits per heavy atom.